The highest BCUT2D eigenvalue weighted by molar-refractivity contribution is 6.42. The molecule has 9 rings (SSSR count). The second kappa shape index (κ2) is 21.6. The van der Waals surface area contributed by atoms with Crippen LogP contribution in [-0.2, 0) is 0 Å². The Kier molecular flexibility index (Phi) is 14.7. The van der Waals surface area contributed by atoms with Crippen molar-refractivity contribution >= 4 is 126 Å². The number of phenolic OH excluding ortho intramolecular Hbond substituents is 2. The summed E-state index contributed by atoms with van der Waals surface area (Å²) in [5.41, 5.74) is 2.74. The van der Waals surface area contributed by atoms with Gasteiger partial charge in [0.15, 0.2) is 11.5 Å². The van der Waals surface area contributed by atoms with E-state index in [1.54, 1.807) is 111 Å². The molecule has 0 saturated carbocycles. The molecule has 9 aromatic rings. The highest BCUT2D eigenvalue weighted by Gasteiger charge is 2.22. The van der Waals surface area contributed by atoms with Crippen molar-refractivity contribution in [3.05, 3.63) is 211 Å². The first-order valence-electron chi connectivity index (χ1n) is 22.2. The average molecular weight is 1060 g/mol. The van der Waals surface area contributed by atoms with Crippen molar-refractivity contribution in [1.29, 1.82) is 0 Å². The van der Waals surface area contributed by atoms with Gasteiger partial charge in [-0.1, -0.05) is 107 Å². The van der Waals surface area contributed by atoms with Gasteiger partial charge in [-0.25, -0.2) is 9.59 Å². The molecule has 0 bridgehead atoms. The number of hydrogen-bond acceptors (Lipinski definition) is 12. The van der Waals surface area contributed by atoms with Crippen LogP contribution in [0.3, 0.4) is 0 Å². The fourth-order valence-corrected chi connectivity index (χ4v) is 8.10. The summed E-state index contributed by atoms with van der Waals surface area (Å²) in [5.74, 6) is -3.20. The van der Waals surface area contributed by atoms with Crippen molar-refractivity contribution in [2.45, 2.75) is 13.8 Å². The van der Waals surface area contributed by atoms with E-state index in [1.165, 1.54) is 60.7 Å². The van der Waals surface area contributed by atoms with Crippen molar-refractivity contribution < 1.29 is 38.9 Å². The molecule has 0 heterocycles. The van der Waals surface area contributed by atoms with Gasteiger partial charge in [0.1, 0.15) is 22.9 Å². The van der Waals surface area contributed by atoms with E-state index in [0.717, 1.165) is 0 Å². The van der Waals surface area contributed by atoms with Crippen LogP contribution in [0, 0.1) is 13.8 Å². The Morgan fingerprint density at radius 1 is 0.446 bits per heavy atom. The van der Waals surface area contributed by atoms with Crippen LogP contribution in [0.4, 0.5) is 34.1 Å². The molecule has 0 fully saturated rings. The van der Waals surface area contributed by atoms with Gasteiger partial charge < -0.3 is 30.3 Å². The summed E-state index contributed by atoms with van der Waals surface area (Å²) in [5, 5.41) is 49.5. The van der Waals surface area contributed by atoms with E-state index in [2.05, 4.69) is 31.1 Å². The third kappa shape index (κ3) is 11.0. The molecule has 0 saturated heterocycles. The monoisotopic (exact) mass is 1060 g/mol. The van der Waals surface area contributed by atoms with Crippen molar-refractivity contribution in [1.82, 2.24) is 0 Å². The van der Waals surface area contributed by atoms with Gasteiger partial charge in [-0.15, -0.1) is 10.2 Å². The van der Waals surface area contributed by atoms with Crippen LogP contribution in [0.15, 0.2) is 178 Å². The molecule has 74 heavy (non-hydrogen) atoms. The number of amides is 2. The van der Waals surface area contributed by atoms with E-state index in [1.807, 2.05) is 0 Å². The molecule has 0 spiro atoms. The standard InChI is InChI=1S/C56H36Cl4N6O8/c1-29-11-13-33(55(71)73-37-19-21-43(57)45(59)27-37)25-47(29)63-65-49-39-9-5-3-7-31(39)23-41(51(49)67)53(69)61-35-15-17-36(18-16-35)62-54(70)42-24-32-8-4-6-10-40(32)50(52(42)68)66-64-48-26-34(14-12-30(48)2)56(72)74-38-20-22-44(58)46(60)28-38/h3-28,67-68H,1-2H3,(H,61,69)(H,62,70). The Labute approximate surface area is 441 Å². The Balaban J connectivity index is 0.910. The molecule has 0 aliphatic heterocycles. The quantitative estimate of drug-likeness (QED) is 0.0526. The Morgan fingerprint density at radius 2 is 0.838 bits per heavy atom. The van der Waals surface area contributed by atoms with Gasteiger partial charge in [0.25, 0.3) is 11.8 Å². The Hall–Kier alpha value is -8.66. The van der Waals surface area contributed by atoms with E-state index in [-0.39, 0.29) is 55.2 Å². The van der Waals surface area contributed by atoms with Crippen LogP contribution >= 0.6 is 46.4 Å². The molecule has 18 heteroatoms. The number of phenols is 2. The summed E-state index contributed by atoms with van der Waals surface area (Å²) in [6.07, 6.45) is 0. The number of rotatable bonds is 12. The fraction of sp³-hybridized carbons (Fsp3) is 0.0357. The van der Waals surface area contributed by atoms with Crippen LogP contribution in [0.25, 0.3) is 21.5 Å². The number of azo groups is 2. The van der Waals surface area contributed by atoms with Gasteiger partial charge in [-0.2, -0.15) is 10.2 Å². The normalized spacial score (nSPS) is 11.3. The summed E-state index contributed by atoms with van der Waals surface area (Å²) in [6, 6.07) is 41.6. The molecular formula is C56H36Cl4N6O8. The number of aromatic hydroxyl groups is 2. The first kappa shape index (κ1) is 50.3. The van der Waals surface area contributed by atoms with Gasteiger partial charge in [0.05, 0.1) is 53.7 Å². The molecule has 2 amide bonds. The highest BCUT2D eigenvalue weighted by Crippen LogP contribution is 2.42. The average Bonchev–Trinajstić information content (AvgIpc) is 3.39. The Bertz CT molecular complexity index is 3580. The maximum Gasteiger partial charge on any atom is 0.343 e. The van der Waals surface area contributed by atoms with E-state index in [4.69, 9.17) is 55.9 Å². The maximum atomic E-state index is 13.8. The van der Waals surface area contributed by atoms with Crippen molar-refractivity contribution in [3.63, 3.8) is 0 Å². The van der Waals surface area contributed by atoms with E-state index < -0.39 is 35.3 Å². The largest absolute Gasteiger partial charge is 0.505 e. The molecule has 9 aromatic carbocycles. The molecule has 0 atom stereocenters. The fourth-order valence-electron chi connectivity index (χ4n) is 7.53. The zero-order chi connectivity index (χ0) is 52.2. The van der Waals surface area contributed by atoms with Crippen molar-refractivity contribution in [2.75, 3.05) is 10.6 Å². The molecule has 366 valence electrons. The number of benzene rings is 9. The number of nitrogens with one attached hydrogen (secondary N) is 2. The molecule has 0 aliphatic carbocycles. The number of aryl methyl sites for hydroxylation is 2. The zero-order valence-corrected chi connectivity index (χ0v) is 41.7. The third-order valence-corrected chi connectivity index (χ3v) is 13.0. The summed E-state index contributed by atoms with van der Waals surface area (Å²) < 4.78 is 11.0. The van der Waals surface area contributed by atoms with Crippen LogP contribution in [0.5, 0.6) is 23.0 Å². The maximum absolute atomic E-state index is 13.8. The minimum absolute atomic E-state index is 0.0135. The number of nitrogens with zero attached hydrogens (tertiary/aromatic N) is 4. The number of anilines is 2. The molecular weight excluding hydrogens is 1030 g/mol. The summed E-state index contributed by atoms with van der Waals surface area (Å²) >= 11 is 24.2. The lowest BCUT2D eigenvalue weighted by atomic mass is 10.0. The molecule has 14 nitrogen and oxygen atoms in total. The summed E-state index contributed by atoms with van der Waals surface area (Å²) in [7, 11) is 0. The minimum atomic E-state index is -0.679. The van der Waals surface area contributed by atoms with Gasteiger partial charge in [0.2, 0.25) is 0 Å². The number of carbonyl (C=O) groups excluding carboxylic acids is 4. The van der Waals surface area contributed by atoms with Crippen molar-refractivity contribution in [2.24, 2.45) is 20.5 Å². The topological polar surface area (TPSA) is 201 Å². The van der Waals surface area contributed by atoms with E-state index >= 15 is 0 Å². The summed E-state index contributed by atoms with van der Waals surface area (Å²) in [6.45, 7) is 3.54. The number of esters is 2. The predicted octanol–water partition coefficient (Wildman–Crippen LogP) is 16.4. The number of halogens is 4. The molecule has 0 radical (unpaired) electrons. The summed E-state index contributed by atoms with van der Waals surface area (Å²) in [4.78, 5) is 53.8. The first-order valence-corrected chi connectivity index (χ1v) is 23.7. The van der Waals surface area contributed by atoms with E-state index in [0.29, 0.717) is 65.5 Å². The second-order valence-electron chi connectivity index (χ2n) is 16.5. The van der Waals surface area contributed by atoms with E-state index in [9.17, 15) is 29.4 Å². The highest BCUT2D eigenvalue weighted by atomic mass is 35.5. The van der Waals surface area contributed by atoms with Crippen LogP contribution in [0.2, 0.25) is 20.1 Å². The van der Waals surface area contributed by atoms with Crippen LogP contribution < -0.4 is 20.1 Å². The lowest BCUT2D eigenvalue weighted by Crippen LogP contribution is -2.13. The lowest BCUT2D eigenvalue weighted by molar-refractivity contribution is 0.0725. The van der Waals surface area contributed by atoms with Crippen molar-refractivity contribution in [3.8, 4) is 23.0 Å². The predicted molar refractivity (Wildman–Crippen MR) is 287 cm³/mol. The number of ether oxygens (including phenoxy) is 2. The minimum Gasteiger partial charge on any atom is -0.505 e. The van der Waals surface area contributed by atoms with Gasteiger partial charge >= 0.3 is 11.9 Å². The SMILES string of the molecule is Cc1ccc(C(=O)Oc2ccc(Cl)c(Cl)c2)cc1N=Nc1c(O)c(C(=O)Nc2ccc(NC(=O)c3cc4ccccc4c(N=Nc4cc(C(=O)Oc5ccc(Cl)c(Cl)c5)ccc4C)c3O)cc2)cc2ccccc12. The molecule has 0 aliphatic rings. The molecule has 0 aromatic heterocycles. The molecule has 4 N–H and O–H groups in total. The van der Waals surface area contributed by atoms with Gasteiger partial charge in [-0.05, 0) is 121 Å². The Morgan fingerprint density at radius 3 is 1.23 bits per heavy atom. The second-order valence-corrected chi connectivity index (χ2v) is 18.1. The molecule has 0 unspecified atom stereocenters. The first-order chi connectivity index (χ1) is 35.6. The van der Waals surface area contributed by atoms with Crippen LogP contribution in [0.1, 0.15) is 52.6 Å². The van der Waals surface area contributed by atoms with Gasteiger partial charge in [0, 0.05) is 34.3 Å². The van der Waals surface area contributed by atoms with Crippen LogP contribution in [-0.4, -0.2) is 34.0 Å². The number of hydrogen-bond donors (Lipinski definition) is 4. The zero-order valence-electron chi connectivity index (χ0n) is 38.7. The number of fused-ring (bicyclic) bond motifs is 2. The number of carbonyl (C=O) groups is 4. The smallest absolute Gasteiger partial charge is 0.343 e. The lowest BCUT2D eigenvalue weighted by Gasteiger charge is -2.13. The third-order valence-electron chi connectivity index (χ3n) is 11.5. The van der Waals surface area contributed by atoms with Gasteiger partial charge in [-0.3, -0.25) is 9.59 Å².